The van der Waals surface area contributed by atoms with Crippen molar-refractivity contribution >= 4 is 5.82 Å². The standard InChI is InChI=1S/C10H18N4/c1-8-9(11)12-13-14(8)7-10(2)5-3-4-6-10/h3-7,11H2,1-2H3. The van der Waals surface area contributed by atoms with E-state index in [-0.39, 0.29) is 0 Å². The van der Waals surface area contributed by atoms with Gasteiger partial charge in [0, 0.05) is 6.54 Å². The Kier molecular flexibility index (Phi) is 2.21. The molecule has 4 nitrogen and oxygen atoms in total. The van der Waals surface area contributed by atoms with E-state index in [0.717, 1.165) is 12.2 Å². The van der Waals surface area contributed by atoms with Crippen LogP contribution in [0.1, 0.15) is 38.3 Å². The normalized spacial score (nSPS) is 20.1. The summed E-state index contributed by atoms with van der Waals surface area (Å²) >= 11 is 0. The van der Waals surface area contributed by atoms with Gasteiger partial charge in [0.25, 0.3) is 0 Å². The van der Waals surface area contributed by atoms with Crippen LogP contribution in [-0.4, -0.2) is 15.0 Å². The Morgan fingerprint density at radius 3 is 2.57 bits per heavy atom. The van der Waals surface area contributed by atoms with Gasteiger partial charge >= 0.3 is 0 Å². The molecule has 4 heteroatoms. The molecule has 2 N–H and O–H groups in total. The van der Waals surface area contributed by atoms with Gasteiger partial charge in [-0.25, -0.2) is 4.68 Å². The van der Waals surface area contributed by atoms with Crippen LogP contribution in [0.25, 0.3) is 0 Å². The van der Waals surface area contributed by atoms with Gasteiger partial charge in [0.15, 0.2) is 5.82 Å². The molecule has 1 aromatic rings. The Morgan fingerprint density at radius 1 is 1.43 bits per heavy atom. The third kappa shape index (κ3) is 1.61. The first-order valence-electron chi connectivity index (χ1n) is 5.26. The Labute approximate surface area is 84.5 Å². The van der Waals surface area contributed by atoms with Crippen molar-refractivity contribution in [2.24, 2.45) is 5.41 Å². The van der Waals surface area contributed by atoms with Gasteiger partial charge in [0.1, 0.15) is 0 Å². The quantitative estimate of drug-likeness (QED) is 0.780. The van der Waals surface area contributed by atoms with Crippen LogP contribution >= 0.6 is 0 Å². The van der Waals surface area contributed by atoms with Crippen LogP contribution in [0.15, 0.2) is 0 Å². The largest absolute Gasteiger partial charge is 0.381 e. The number of nitrogens with two attached hydrogens (primary N) is 1. The van der Waals surface area contributed by atoms with E-state index in [9.17, 15) is 0 Å². The summed E-state index contributed by atoms with van der Waals surface area (Å²) in [7, 11) is 0. The van der Waals surface area contributed by atoms with E-state index < -0.39 is 0 Å². The van der Waals surface area contributed by atoms with E-state index in [2.05, 4.69) is 17.2 Å². The minimum atomic E-state index is 0.408. The summed E-state index contributed by atoms with van der Waals surface area (Å²) in [4.78, 5) is 0. The van der Waals surface area contributed by atoms with E-state index in [1.165, 1.54) is 25.7 Å². The Balaban J connectivity index is 2.14. The third-order valence-electron chi connectivity index (χ3n) is 3.36. The molecule has 0 unspecified atom stereocenters. The zero-order valence-electron chi connectivity index (χ0n) is 8.95. The average molecular weight is 194 g/mol. The number of anilines is 1. The molecule has 0 aliphatic heterocycles. The zero-order chi connectivity index (χ0) is 10.2. The van der Waals surface area contributed by atoms with Gasteiger partial charge in [-0.2, -0.15) is 0 Å². The van der Waals surface area contributed by atoms with Crippen molar-refractivity contribution in [1.29, 1.82) is 0 Å². The van der Waals surface area contributed by atoms with Crippen molar-refractivity contribution in [2.75, 3.05) is 5.73 Å². The van der Waals surface area contributed by atoms with Gasteiger partial charge in [-0.05, 0) is 25.2 Å². The second-order valence-corrected chi connectivity index (χ2v) is 4.74. The summed E-state index contributed by atoms with van der Waals surface area (Å²) in [5, 5.41) is 7.95. The zero-order valence-corrected chi connectivity index (χ0v) is 8.95. The van der Waals surface area contributed by atoms with Crippen LogP contribution < -0.4 is 5.73 Å². The second-order valence-electron chi connectivity index (χ2n) is 4.74. The first-order valence-corrected chi connectivity index (χ1v) is 5.26. The highest BCUT2D eigenvalue weighted by atomic mass is 15.4. The number of aromatic nitrogens is 3. The predicted octanol–water partition coefficient (Wildman–Crippen LogP) is 1.75. The highest BCUT2D eigenvalue weighted by Gasteiger charge is 2.30. The number of nitrogen functional groups attached to an aromatic ring is 1. The fourth-order valence-electron chi connectivity index (χ4n) is 2.27. The van der Waals surface area contributed by atoms with Crippen LogP contribution in [0.4, 0.5) is 5.82 Å². The van der Waals surface area contributed by atoms with Crippen LogP contribution in [0.5, 0.6) is 0 Å². The van der Waals surface area contributed by atoms with Crippen molar-refractivity contribution < 1.29 is 0 Å². The summed E-state index contributed by atoms with van der Waals surface area (Å²) in [5.74, 6) is 0.562. The molecule has 14 heavy (non-hydrogen) atoms. The van der Waals surface area contributed by atoms with E-state index in [1.54, 1.807) is 0 Å². The lowest BCUT2D eigenvalue weighted by atomic mass is 9.89. The van der Waals surface area contributed by atoms with E-state index in [1.807, 2.05) is 11.6 Å². The molecule has 0 amide bonds. The molecule has 0 radical (unpaired) electrons. The van der Waals surface area contributed by atoms with Crippen LogP contribution in [-0.2, 0) is 6.54 Å². The minimum Gasteiger partial charge on any atom is -0.381 e. The maximum atomic E-state index is 5.66. The maximum Gasteiger partial charge on any atom is 0.168 e. The van der Waals surface area contributed by atoms with Crippen molar-refractivity contribution in [3.8, 4) is 0 Å². The van der Waals surface area contributed by atoms with Crippen LogP contribution in [0.3, 0.4) is 0 Å². The topological polar surface area (TPSA) is 56.7 Å². The highest BCUT2D eigenvalue weighted by molar-refractivity contribution is 5.31. The monoisotopic (exact) mass is 194 g/mol. The predicted molar refractivity (Wildman–Crippen MR) is 55.7 cm³/mol. The molecule has 0 spiro atoms. The first-order chi connectivity index (χ1) is 6.61. The molecule has 0 aromatic carbocycles. The molecule has 1 fully saturated rings. The number of rotatable bonds is 2. The van der Waals surface area contributed by atoms with Crippen molar-refractivity contribution in [3.63, 3.8) is 0 Å². The highest BCUT2D eigenvalue weighted by Crippen LogP contribution is 2.38. The molecule has 78 valence electrons. The Hall–Kier alpha value is -1.06. The van der Waals surface area contributed by atoms with Gasteiger partial charge in [0.05, 0.1) is 5.69 Å². The number of hydrogen-bond acceptors (Lipinski definition) is 3. The molecule has 0 saturated heterocycles. The fraction of sp³-hybridized carbons (Fsp3) is 0.800. The molecule has 1 saturated carbocycles. The number of hydrogen-bond donors (Lipinski definition) is 1. The number of nitrogens with zero attached hydrogens (tertiary/aromatic N) is 3. The van der Waals surface area contributed by atoms with E-state index in [4.69, 9.17) is 5.73 Å². The van der Waals surface area contributed by atoms with Crippen molar-refractivity contribution in [1.82, 2.24) is 15.0 Å². The van der Waals surface area contributed by atoms with Crippen molar-refractivity contribution in [2.45, 2.75) is 46.1 Å². The molecular formula is C10H18N4. The third-order valence-corrected chi connectivity index (χ3v) is 3.36. The molecule has 1 aromatic heterocycles. The first kappa shape index (κ1) is 9.49. The molecule has 2 rings (SSSR count). The van der Waals surface area contributed by atoms with Gasteiger partial charge in [0.2, 0.25) is 0 Å². The molecule has 0 atom stereocenters. The van der Waals surface area contributed by atoms with Gasteiger partial charge in [-0.3, -0.25) is 0 Å². The van der Waals surface area contributed by atoms with E-state index >= 15 is 0 Å². The molecule has 1 heterocycles. The lowest BCUT2D eigenvalue weighted by Crippen LogP contribution is -2.21. The molecule has 1 aliphatic rings. The van der Waals surface area contributed by atoms with Crippen LogP contribution in [0, 0.1) is 12.3 Å². The fourth-order valence-corrected chi connectivity index (χ4v) is 2.27. The summed E-state index contributed by atoms with van der Waals surface area (Å²) < 4.78 is 1.95. The Morgan fingerprint density at radius 2 is 2.07 bits per heavy atom. The second kappa shape index (κ2) is 3.26. The lowest BCUT2D eigenvalue weighted by molar-refractivity contribution is 0.263. The van der Waals surface area contributed by atoms with Gasteiger partial charge in [-0.15, -0.1) is 5.10 Å². The summed E-state index contributed by atoms with van der Waals surface area (Å²) in [6.07, 6.45) is 5.29. The average Bonchev–Trinajstić information content (AvgIpc) is 2.68. The summed E-state index contributed by atoms with van der Waals surface area (Å²) in [5.41, 5.74) is 7.07. The lowest BCUT2D eigenvalue weighted by Gasteiger charge is -2.23. The SMILES string of the molecule is Cc1c(N)nnn1CC1(C)CCCC1. The summed E-state index contributed by atoms with van der Waals surface area (Å²) in [6, 6.07) is 0. The molecular weight excluding hydrogens is 176 g/mol. The summed E-state index contributed by atoms with van der Waals surface area (Å²) in [6.45, 7) is 5.27. The minimum absolute atomic E-state index is 0.408. The van der Waals surface area contributed by atoms with Crippen molar-refractivity contribution in [3.05, 3.63) is 5.69 Å². The van der Waals surface area contributed by atoms with E-state index in [0.29, 0.717) is 11.2 Å². The molecule has 0 bridgehead atoms. The van der Waals surface area contributed by atoms with Gasteiger partial charge in [-0.1, -0.05) is 25.0 Å². The smallest absolute Gasteiger partial charge is 0.168 e. The van der Waals surface area contributed by atoms with Gasteiger partial charge < -0.3 is 5.73 Å². The molecule has 1 aliphatic carbocycles. The Bertz CT molecular complexity index is 323. The van der Waals surface area contributed by atoms with Crippen LogP contribution in [0.2, 0.25) is 0 Å². The maximum absolute atomic E-state index is 5.66.